The maximum absolute atomic E-state index is 12.6. The van der Waals surface area contributed by atoms with Crippen molar-refractivity contribution >= 4 is 17.7 Å². The second kappa shape index (κ2) is 7.98. The highest BCUT2D eigenvalue weighted by atomic mass is 16.6. The Morgan fingerprint density at radius 1 is 1.04 bits per heavy atom. The average Bonchev–Trinajstić information content (AvgIpc) is 3.33. The van der Waals surface area contributed by atoms with Crippen LogP contribution in [0, 0.1) is 10.1 Å². The quantitative estimate of drug-likeness (QED) is 0.364. The molecule has 7 nitrogen and oxygen atoms in total. The van der Waals surface area contributed by atoms with Crippen LogP contribution >= 0.6 is 0 Å². The first kappa shape index (κ1) is 17.2. The van der Waals surface area contributed by atoms with Gasteiger partial charge in [0.25, 0.3) is 5.69 Å². The molecule has 1 aromatic carbocycles. The predicted molar refractivity (Wildman–Crippen MR) is 93.8 cm³/mol. The number of carbonyl (C=O) groups excluding carboxylic acids is 1. The number of nitrogens with zero attached hydrogens (tertiary/aromatic N) is 2. The fourth-order valence-corrected chi connectivity index (χ4v) is 2.41. The van der Waals surface area contributed by atoms with Gasteiger partial charge in [-0.1, -0.05) is 12.1 Å². The standard InChI is InChI=1S/C19H16N2O5/c22-19(9-8-15-4-1-5-16(12-15)21(23)24)20(13-17-6-2-10-25-17)14-18-7-3-11-26-18/h1-12H,13-14H2/b9-8+. The first-order valence-electron chi connectivity index (χ1n) is 7.88. The van der Waals surface area contributed by atoms with Crippen molar-refractivity contribution in [3.8, 4) is 0 Å². The summed E-state index contributed by atoms with van der Waals surface area (Å²) in [4.78, 5) is 24.5. The Labute approximate surface area is 149 Å². The average molecular weight is 352 g/mol. The van der Waals surface area contributed by atoms with Gasteiger partial charge in [-0.3, -0.25) is 14.9 Å². The molecule has 0 saturated carbocycles. The van der Waals surface area contributed by atoms with Crippen LogP contribution in [0.2, 0.25) is 0 Å². The van der Waals surface area contributed by atoms with E-state index in [-0.39, 0.29) is 24.7 Å². The minimum atomic E-state index is -0.473. The Hall–Kier alpha value is -3.61. The molecule has 0 fully saturated rings. The zero-order chi connectivity index (χ0) is 18.4. The van der Waals surface area contributed by atoms with Crippen molar-refractivity contribution in [3.63, 3.8) is 0 Å². The molecule has 0 radical (unpaired) electrons. The molecule has 0 atom stereocenters. The minimum absolute atomic E-state index is 0.0253. The Morgan fingerprint density at radius 3 is 2.23 bits per heavy atom. The highest BCUT2D eigenvalue weighted by molar-refractivity contribution is 5.91. The van der Waals surface area contributed by atoms with E-state index in [1.165, 1.54) is 18.2 Å². The van der Waals surface area contributed by atoms with Crippen LogP contribution in [0.1, 0.15) is 17.1 Å². The molecule has 0 N–H and O–H groups in total. The van der Waals surface area contributed by atoms with Crippen molar-refractivity contribution in [2.75, 3.05) is 0 Å². The number of furan rings is 2. The lowest BCUT2D eigenvalue weighted by molar-refractivity contribution is -0.384. The van der Waals surface area contributed by atoms with Gasteiger partial charge in [0.15, 0.2) is 0 Å². The van der Waals surface area contributed by atoms with Gasteiger partial charge in [-0.15, -0.1) is 0 Å². The SMILES string of the molecule is O=C(/C=C/c1cccc([N+](=O)[O-])c1)N(Cc1ccco1)Cc1ccco1. The molecule has 0 saturated heterocycles. The van der Waals surface area contributed by atoms with Gasteiger partial charge in [-0.05, 0) is 35.9 Å². The number of hydrogen-bond donors (Lipinski definition) is 0. The van der Waals surface area contributed by atoms with Crippen molar-refractivity contribution in [2.45, 2.75) is 13.1 Å². The summed E-state index contributed by atoms with van der Waals surface area (Å²) in [6, 6.07) is 13.2. The molecule has 2 aromatic heterocycles. The van der Waals surface area contributed by atoms with Gasteiger partial charge in [0.1, 0.15) is 11.5 Å². The molecule has 0 bridgehead atoms. The van der Waals surface area contributed by atoms with E-state index in [1.54, 1.807) is 59.9 Å². The Kier molecular flexibility index (Phi) is 5.28. The third kappa shape index (κ3) is 4.47. The van der Waals surface area contributed by atoms with Crippen LogP contribution in [0.5, 0.6) is 0 Å². The van der Waals surface area contributed by atoms with Gasteiger partial charge in [0.05, 0.1) is 30.5 Å². The largest absolute Gasteiger partial charge is 0.467 e. The molecule has 7 heteroatoms. The Balaban J connectivity index is 1.75. The number of benzene rings is 1. The van der Waals surface area contributed by atoms with Gasteiger partial charge in [0, 0.05) is 18.2 Å². The van der Waals surface area contributed by atoms with E-state index in [1.807, 2.05) is 0 Å². The van der Waals surface area contributed by atoms with E-state index in [4.69, 9.17) is 8.83 Å². The first-order chi connectivity index (χ1) is 12.6. The topological polar surface area (TPSA) is 89.7 Å². The number of nitro groups is 1. The molecule has 0 aliphatic heterocycles. The number of non-ortho nitro benzene ring substituents is 1. The maximum atomic E-state index is 12.6. The summed E-state index contributed by atoms with van der Waals surface area (Å²) < 4.78 is 10.6. The molecule has 2 heterocycles. The molecule has 3 rings (SSSR count). The van der Waals surface area contributed by atoms with E-state index in [9.17, 15) is 14.9 Å². The second-order valence-electron chi connectivity index (χ2n) is 5.54. The van der Waals surface area contributed by atoms with Crippen molar-refractivity contribution in [3.05, 3.63) is 94.3 Å². The van der Waals surface area contributed by atoms with E-state index in [0.717, 1.165) is 0 Å². The number of carbonyl (C=O) groups is 1. The monoisotopic (exact) mass is 352 g/mol. The third-order valence-electron chi connectivity index (χ3n) is 3.66. The van der Waals surface area contributed by atoms with Crippen LogP contribution in [0.4, 0.5) is 5.69 Å². The molecule has 0 spiro atoms. The first-order valence-corrected chi connectivity index (χ1v) is 7.88. The zero-order valence-electron chi connectivity index (χ0n) is 13.8. The summed E-state index contributed by atoms with van der Waals surface area (Å²) in [5, 5.41) is 10.8. The van der Waals surface area contributed by atoms with Crippen LogP contribution in [0.3, 0.4) is 0 Å². The van der Waals surface area contributed by atoms with Gasteiger partial charge in [-0.2, -0.15) is 0 Å². The lowest BCUT2D eigenvalue weighted by atomic mass is 10.2. The summed E-state index contributed by atoms with van der Waals surface area (Å²) >= 11 is 0. The van der Waals surface area contributed by atoms with E-state index >= 15 is 0 Å². The van der Waals surface area contributed by atoms with E-state index < -0.39 is 4.92 Å². The molecular weight excluding hydrogens is 336 g/mol. The fourth-order valence-electron chi connectivity index (χ4n) is 2.41. The smallest absolute Gasteiger partial charge is 0.270 e. The van der Waals surface area contributed by atoms with Gasteiger partial charge in [0.2, 0.25) is 5.91 Å². The molecule has 0 unspecified atom stereocenters. The Bertz CT molecular complexity index is 862. The Morgan fingerprint density at radius 2 is 1.69 bits per heavy atom. The van der Waals surface area contributed by atoms with E-state index in [0.29, 0.717) is 17.1 Å². The predicted octanol–water partition coefficient (Wildman–Crippen LogP) is 4.02. The molecule has 3 aromatic rings. The zero-order valence-corrected chi connectivity index (χ0v) is 13.8. The van der Waals surface area contributed by atoms with Crippen molar-refractivity contribution in [1.29, 1.82) is 0 Å². The van der Waals surface area contributed by atoms with Crippen molar-refractivity contribution in [2.24, 2.45) is 0 Å². The molecule has 0 aliphatic rings. The van der Waals surface area contributed by atoms with Crippen LogP contribution in [-0.4, -0.2) is 15.7 Å². The summed E-state index contributed by atoms with van der Waals surface area (Å²) in [6.07, 6.45) is 6.02. The lowest BCUT2D eigenvalue weighted by Gasteiger charge is -2.18. The van der Waals surface area contributed by atoms with Gasteiger partial charge >= 0.3 is 0 Å². The second-order valence-corrected chi connectivity index (χ2v) is 5.54. The summed E-state index contributed by atoms with van der Waals surface area (Å²) in [5.41, 5.74) is 0.547. The van der Waals surface area contributed by atoms with Gasteiger partial charge in [-0.25, -0.2) is 0 Å². The normalized spacial score (nSPS) is 10.9. The highest BCUT2D eigenvalue weighted by Crippen LogP contribution is 2.16. The van der Waals surface area contributed by atoms with Crippen LogP contribution in [0.25, 0.3) is 6.08 Å². The summed E-state index contributed by atoms with van der Waals surface area (Å²) in [6.45, 7) is 0.567. The molecule has 132 valence electrons. The van der Waals surface area contributed by atoms with Crippen molar-refractivity contribution < 1.29 is 18.6 Å². The number of hydrogen-bond acceptors (Lipinski definition) is 5. The fraction of sp³-hybridized carbons (Fsp3) is 0.105. The maximum Gasteiger partial charge on any atom is 0.270 e. The van der Waals surface area contributed by atoms with Crippen LogP contribution in [0.15, 0.2) is 76.0 Å². The lowest BCUT2D eigenvalue weighted by Crippen LogP contribution is -2.28. The minimum Gasteiger partial charge on any atom is -0.467 e. The molecular formula is C19H16N2O5. The summed E-state index contributed by atoms with van der Waals surface area (Å²) in [5.74, 6) is 1.03. The van der Waals surface area contributed by atoms with Gasteiger partial charge < -0.3 is 13.7 Å². The number of amides is 1. The summed E-state index contributed by atoms with van der Waals surface area (Å²) in [7, 11) is 0. The third-order valence-corrected chi connectivity index (χ3v) is 3.66. The molecule has 1 amide bonds. The van der Waals surface area contributed by atoms with Crippen LogP contribution < -0.4 is 0 Å². The number of nitro benzene ring substituents is 1. The molecule has 0 aliphatic carbocycles. The molecule has 26 heavy (non-hydrogen) atoms. The van der Waals surface area contributed by atoms with Crippen molar-refractivity contribution in [1.82, 2.24) is 4.90 Å². The van der Waals surface area contributed by atoms with E-state index in [2.05, 4.69) is 0 Å². The van der Waals surface area contributed by atoms with Crippen LogP contribution in [-0.2, 0) is 17.9 Å². The number of rotatable bonds is 7. The highest BCUT2D eigenvalue weighted by Gasteiger charge is 2.15.